The third-order valence-corrected chi connectivity index (χ3v) is 7.45. The number of ether oxygens (including phenoxy) is 1. The van der Waals surface area contributed by atoms with Crippen LogP contribution in [0.15, 0.2) is 34.6 Å². The average Bonchev–Trinajstić information content (AvgIpc) is 2.81. The van der Waals surface area contributed by atoms with Crippen molar-refractivity contribution in [2.45, 2.75) is 58.8 Å². The second kappa shape index (κ2) is 6.91. The van der Waals surface area contributed by atoms with E-state index in [-0.39, 0.29) is 34.6 Å². The smallest absolute Gasteiger partial charge is 0.305 e. The number of amides is 1. The van der Waals surface area contributed by atoms with Crippen LogP contribution < -0.4 is 0 Å². The Kier molecular flexibility index (Phi) is 5.13. The van der Waals surface area contributed by atoms with Gasteiger partial charge in [0, 0.05) is 36.1 Å². The van der Waals surface area contributed by atoms with Crippen LogP contribution in [0.5, 0.6) is 0 Å². The van der Waals surface area contributed by atoms with Crippen molar-refractivity contribution in [3.63, 3.8) is 0 Å². The highest BCUT2D eigenvalue weighted by molar-refractivity contribution is 8.00. The maximum atomic E-state index is 12.4. The maximum absolute atomic E-state index is 12.4. The quantitative estimate of drug-likeness (QED) is 0.695. The summed E-state index contributed by atoms with van der Waals surface area (Å²) in [7, 11) is 1.85. The summed E-state index contributed by atoms with van der Waals surface area (Å²) in [6.45, 7) is 10.3. The highest BCUT2D eigenvalue weighted by Gasteiger charge is 2.50. The molecule has 2 aliphatic carbocycles. The van der Waals surface area contributed by atoms with Gasteiger partial charge < -0.3 is 9.64 Å². The Morgan fingerprint density at radius 2 is 2.12 bits per heavy atom. The van der Waals surface area contributed by atoms with E-state index in [1.165, 1.54) is 5.57 Å². The summed E-state index contributed by atoms with van der Waals surface area (Å²) in [5, 5.41) is 0.152. The topological polar surface area (TPSA) is 46.6 Å². The Hall–Kier alpha value is -1.49. The van der Waals surface area contributed by atoms with E-state index in [9.17, 15) is 9.59 Å². The van der Waals surface area contributed by atoms with Gasteiger partial charge in [0.1, 0.15) is 6.10 Å². The first-order valence-corrected chi connectivity index (χ1v) is 10.5. The predicted molar refractivity (Wildman–Crippen MR) is 106 cm³/mol. The van der Waals surface area contributed by atoms with E-state index in [0.29, 0.717) is 6.42 Å². The van der Waals surface area contributed by atoms with E-state index in [1.807, 2.05) is 32.7 Å². The SMILES string of the molecule is CCS[C@@H]1C=C2C=C3C(=C(C)C(=O)N3C)C[C@]2(C)[C@@H](C)[C@H]1OC(=O)CC. The van der Waals surface area contributed by atoms with Gasteiger partial charge in [0.15, 0.2) is 0 Å². The summed E-state index contributed by atoms with van der Waals surface area (Å²) >= 11 is 1.82. The molecule has 0 spiro atoms. The van der Waals surface area contributed by atoms with E-state index in [0.717, 1.165) is 29.0 Å². The maximum Gasteiger partial charge on any atom is 0.305 e. The van der Waals surface area contributed by atoms with Crippen LogP contribution in [-0.4, -0.2) is 40.9 Å². The summed E-state index contributed by atoms with van der Waals surface area (Å²) in [4.78, 5) is 26.2. The standard InChI is InChI=1S/C21H29NO3S/c1-7-18(23)25-19-13(4)21(5)11-15-12(3)20(24)22(6)16(15)9-14(21)10-17(19)26-8-2/h9-10,13,17,19H,7-8,11H2,1-6H3/t13-,17+,19+,21+/m0/s1. The molecule has 4 atom stereocenters. The lowest BCUT2D eigenvalue weighted by Gasteiger charge is -2.49. The zero-order chi connectivity index (χ0) is 19.2. The third-order valence-electron chi connectivity index (χ3n) is 6.33. The highest BCUT2D eigenvalue weighted by atomic mass is 32.2. The van der Waals surface area contributed by atoms with Crippen molar-refractivity contribution in [1.29, 1.82) is 0 Å². The predicted octanol–water partition coefficient (Wildman–Crippen LogP) is 4.09. The molecule has 0 fully saturated rings. The number of fused-ring (bicyclic) bond motifs is 2. The molecule has 1 heterocycles. The molecule has 0 aromatic rings. The number of rotatable bonds is 4. The molecule has 3 rings (SSSR count). The molecule has 0 aromatic heterocycles. The monoisotopic (exact) mass is 375 g/mol. The van der Waals surface area contributed by atoms with Crippen LogP contribution in [-0.2, 0) is 14.3 Å². The molecule has 0 saturated carbocycles. The van der Waals surface area contributed by atoms with Gasteiger partial charge in [-0.2, -0.15) is 11.8 Å². The minimum atomic E-state index is -0.137. The van der Waals surface area contributed by atoms with Crippen LogP contribution in [0.25, 0.3) is 0 Å². The molecule has 4 nitrogen and oxygen atoms in total. The fourth-order valence-electron chi connectivity index (χ4n) is 4.39. The normalized spacial score (nSPS) is 33.5. The molecule has 0 aromatic carbocycles. The Labute approximate surface area is 160 Å². The van der Waals surface area contributed by atoms with E-state index in [1.54, 1.807) is 4.90 Å². The van der Waals surface area contributed by atoms with E-state index in [2.05, 4.69) is 32.9 Å². The molecule has 1 aliphatic heterocycles. The van der Waals surface area contributed by atoms with Crippen molar-refractivity contribution in [2.24, 2.45) is 11.3 Å². The van der Waals surface area contributed by atoms with Crippen LogP contribution in [0.4, 0.5) is 0 Å². The minimum Gasteiger partial charge on any atom is -0.461 e. The lowest BCUT2D eigenvalue weighted by Crippen LogP contribution is -2.48. The number of thioether (sulfide) groups is 1. The van der Waals surface area contributed by atoms with Crippen molar-refractivity contribution < 1.29 is 14.3 Å². The lowest BCUT2D eigenvalue weighted by atomic mass is 9.60. The number of esters is 1. The van der Waals surface area contributed by atoms with Crippen molar-refractivity contribution in [1.82, 2.24) is 4.90 Å². The van der Waals surface area contributed by atoms with E-state index in [4.69, 9.17) is 4.74 Å². The Morgan fingerprint density at radius 3 is 2.73 bits per heavy atom. The van der Waals surface area contributed by atoms with Gasteiger partial charge in [-0.3, -0.25) is 9.59 Å². The van der Waals surface area contributed by atoms with Gasteiger partial charge in [0.05, 0.1) is 5.25 Å². The largest absolute Gasteiger partial charge is 0.461 e. The molecular formula is C21H29NO3S. The fraction of sp³-hybridized carbons (Fsp3) is 0.619. The molecule has 0 bridgehead atoms. The number of hydrogen-bond acceptors (Lipinski definition) is 4. The number of carbonyl (C=O) groups excluding carboxylic acids is 2. The highest BCUT2D eigenvalue weighted by Crippen LogP contribution is 2.55. The number of allylic oxidation sites excluding steroid dienone is 3. The van der Waals surface area contributed by atoms with Gasteiger partial charge in [0.2, 0.25) is 0 Å². The fourth-order valence-corrected chi connectivity index (χ4v) is 5.50. The van der Waals surface area contributed by atoms with Crippen LogP contribution in [0, 0.1) is 11.3 Å². The molecule has 0 N–H and O–H groups in total. The van der Waals surface area contributed by atoms with Crippen molar-refractivity contribution in [2.75, 3.05) is 12.8 Å². The molecule has 3 aliphatic rings. The minimum absolute atomic E-state index is 0.0928. The van der Waals surface area contributed by atoms with Gasteiger partial charge >= 0.3 is 5.97 Å². The number of nitrogens with zero attached hydrogens (tertiary/aromatic N) is 1. The zero-order valence-electron chi connectivity index (χ0n) is 16.6. The molecule has 0 unspecified atom stereocenters. The third kappa shape index (κ3) is 2.84. The van der Waals surface area contributed by atoms with E-state index < -0.39 is 0 Å². The van der Waals surface area contributed by atoms with Crippen LogP contribution in [0.2, 0.25) is 0 Å². The van der Waals surface area contributed by atoms with Gasteiger partial charge in [-0.1, -0.05) is 33.8 Å². The first-order chi connectivity index (χ1) is 12.2. The Balaban J connectivity index is 2.07. The Morgan fingerprint density at radius 1 is 1.42 bits per heavy atom. The molecule has 26 heavy (non-hydrogen) atoms. The zero-order valence-corrected chi connectivity index (χ0v) is 17.4. The summed E-state index contributed by atoms with van der Waals surface area (Å²) in [5.74, 6) is 1.11. The van der Waals surface area contributed by atoms with Gasteiger partial charge in [-0.25, -0.2) is 0 Å². The summed E-state index contributed by atoms with van der Waals surface area (Å²) < 4.78 is 5.89. The molecular weight excluding hydrogens is 346 g/mol. The number of likely N-dealkylation sites (N-methyl/N-ethyl adjacent to an activating group) is 1. The van der Waals surface area contributed by atoms with Gasteiger partial charge in [0.25, 0.3) is 5.91 Å². The molecule has 5 heteroatoms. The first-order valence-electron chi connectivity index (χ1n) is 9.47. The molecule has 142 valence electrons. The van der Waals surface area contributed by atoms with Crippen molar-refractivity contribution in [3.8, 4) is 0 Å². The van der Waals surface area contributed by atoms with Gasteiger partial charge in [-0.15, -0.1) is 0 Å². The van der Waals surface area contributed by atoms with E-state index >= 15 is 0 Å². The van der Waals surface area contributed by atoms with Gasteiger partial charge in [-0.05, 0) is 36.3 Å². The Bertz CT molecular complexity index is 736. The number of carbonyl (C=O) groups is 2. The summed E-state index contributed by atoms with van der Waals surface area (Å²) in [6.07, 6.45) is 5.54. The first kappa shape index (κ1) is 19.3. The second-order valence-corrected chi connectivity index (χ2v) is 9.19. The lowest BCUT2D eigenvalue weighted by molar-refractivity contribution is -0.153. The average molecular weight is 376 g/mol. The van der Waals surface area contributed by atoms with Crippen LogP contribution in [0.3, 0.4) is 0 Å². The van der Waals surface area contributed by atoms with Crippen molar-refractivity contribution in [3.05, 3.63) is 34.6 Å². The summed E-state index contributed by atoms with van der Waals surface area (Å²) in [5.41, 5.74) is 4.17. The second-order valence-electron chi connectivity index (χ2n) is 7.73. The molecule has 0 saturated heterocycles. The molecule has 0 radical (unpaired) electrons. The summed E-state index contributed by atoms with van der Waals surface area (Å²) in [6, 6.07) is 0. The van der Waals surface area contributed by atoms with Crippen LogP contribution >= 0.6 is 11.8 Å². The number of hydrogen-bond donors (Lipinski definition) is 0. The van der Waals surface area contributed by atoms with Crippen molar-refractivity contribution >= 4 is 23.6 Å². The van der Waals surface area contributed by atoms with Crippen LogP contribution in [0.1, 0.15) is 47.5 Å². The molecule has 1 amide bonds.